The zero-order chi connectivity index (χ0) is 5.15. The summed E-state index contributed by atoms with van der Waals surface area (Å²) in [6.07, 6.45) is 0. The van der Waals surface area contributed by atoms with Crippen molar-refractivity contribution in [2.24, 2.45) is 11.0 Å². The molecule has 0 bridgehead atoms. The third-order valence-corrected chi connectivity index (χ3v) is 1.39. The number of rotatable bonds is 1. The highest BCUT2D eigenvalue weighted by Gasteiger charge is 1.91. The van der Waals surface area contributed by atoms with Crippen LogP contribution < -0.4 is 11.0 Å². The van der Waals surface area contributed by atoms with Crippen LogP contribution >= 0.6 is 8.37 Å². The summed E-state index contributed by atoms with van der Waals surface area (Å²) in [6.45, 7) is 0. The summed E-state index contributed by atoms with van der Waals surface area (Å²) in [5, 5.41) is 0. The molecule has 0 atom stereocenters. The summed E-state index contributed by atoms with van der Waals surface area (Å²) in [5.74, 6) is 0. The molecule has 0 aliphatic heterocycles. The van der Waals surface area contributed by atoms with Gasteiger partial charge in [0.25, 0.3) is 0 Å². The molecule has 0 amide bonds. The van der Waals surface area contributed by atoms with E-state index < -0.39 is 8.37 Å². The molecule has 0 radical (unpaired) electrons. The molecule has 4 N–H and O–H groups in total. The molecule has 0 spiro atoms. The second kappa shape index (κ2) is 2.48. The van der Waals surface area contributed by atoms with Crippen molar-refractivity contribution >= 4 is 8.37 Å². The molecule has 0 aliphatic rings. The number of nitrogens with two attached hydrogens (primary N) is 2. The quantitative estimate of drug-likeness (QED) is 0.452. The van der Waals surface area contributed by atoms with Crippen molar-refractivity contribution in [2.75, 3.05) is 14.1 Å². The van der Waals surface area contributed by atoms with Crippen LogP contribution in [0.25, 0.3) is 0 Å². The summed E-state index contributed by atoms with van der Waals surface area (Å²) >= 11 is 0. The zero-order valence-electron chi connectivity index (χ0n) is 4.05. The van der Waals surface area contributed by atoms with Crippen LogP contribution in [0.5, 0.6) is 0 Å². The molecule has 38 valence electrons. The van der Waals surface area contributed by atoms with E-state index in [9.17, 15) is 0 Å². The molecule has 0 saturated carbocycles. The smallest absolute Gasteiger partial charge is 0.108 e. The Balaban J connectivity index is 2.99. The van der Waals surface area contributed by atoms with Crippen molar-refractivity contribution < 1.29 is 0 Å². The van der Waals surface area contributed by atoms with Crippen LogP contribution in [0, 0.1) is 0 Å². The number of hydrogen-bond acceptors (Lipinski definition) is 3. The van der Waals surface area contributed by atoms with Crippen LogP contribution in [0.2, 0.25) is 0 Å². The molecule has 0 fully saturated rings. The molecular formula is C2H10N3P. The minimum absolute atomic E-state index is 0.826. The Bertz CT molecular complexity index is 29.8. The first-order valence-electron chi connectivity index (χ1n) is 1.61. The zero-order valence-corrected chi connectivity index (χ0v) is 4.94. The maximum absolute atomic E-state index is 5.20. The lowest BCUT2D eigenvalue weighted by molar-refractivity contribution is 0.676. The van der Waals surface area contributed by atoms with Crippen LogP contribution in [-0.2, 0) is 0 Å². The lowest BCUT2D eigenvalue weighted by atomic mass is 11.3. The highest BCUT2D eigenvalue weighted by atomic mass is 31.1. The van der Waals surface area contributed by atoms with E-state index in [1.807, 2.05) is 14.1 Å². The van der Waals surface area contributed by atoms with Gasteiger partial charge in [0.15, 0.2) is 0 Å². The van der Waals surface area contributed by atoms with Crippen molar-refractivity contribution in [1.29, 1.82) is 0 Å². The van der Waals surface area contributed by atoms with Crippen molar-refractivity contribution in [3.63, 3.8) is 0 Å². The fourth-order valence-corrected chi connectivity index (χ4v) is 0. The summed E-state index contributed by atoms with van der Waals surface area (Å²) in [6, 6.07) is 0. The minimum Gasteiger partial charge on any atom is -0.285 e. The van der Waals surface area contributed by atoms with E-state index in [4.69, 9.17) is 11.0 Å². The third-order valence-electron chi connectivity index (χ3n) is 0.462. The molecule has 0 aromatic rings. The SMILES string of the molecule is CN(C)P(N)N. The van der Waals surface area contributed by atoms with Crippen molar-refractivity contribution in [3.05, 3.63) is 0 Å². The molecule has 0 unspecified atom stereocenters. The Kier molecular flexibility index (Phi) is 2.61. The second-order valence-corrected chi connectivity index (χ2v) is 2.79. The Morgan fingerprint density at radius 1 is 1.33 bits per heavy atom. The van der Waals surface area contributed by atoms with E-state index in [0.717, 1.165) is 0 Å². The average Bonchev–Trinajstić information content (AvgIpc) is 1.36. The molecular weight excluding hydrogens is 97.0 g/mol. The molecule has 0 aliphatic carbocycles. The van der Waals surface area contributed by atoms with Crippen LogP contribution in [0.3, 0.4) is 0 Å². The normalized spacial score (nSPS) is 11.0. The van der Waals surface area contributed by atoms with Gasteiger partial charge >= 0.3 is 0 Å². The van der Waals surface area contributed by atoms with Gasteiger partial charge in [0.2, 0.25) is 0 Å². The van der Waals surface area contributed by atoms with Gasteiger partial charge in [-0.15, -0.1) is 0 Å². The fraction of sp³-hybridized carbons (Fsp3) is 1.00. The monoisotopic (exact) mass is 107 g/mol. The lowest BCUT2D eigenvalue weighted by Gasteiger charge is -2.11. The highest BCUT2D eigenvalue weighted by Crippen LogP contribution is 2.13. The van der Waals surface area contributed by atoms with Gasteiger partial charge in [-0.05, 0) is 14.1 Å². The summed E-state index contributed by atoms with van der Waals surface area (Å²) < 4.78 is 1.79. The van der Waals surface area contributed by atoms with E-state index in [1.165, 1.54) is 0 Å². The second-order valence-electron chi connectivity index (χ2n) is 1.23. The Hall–Kier alpha value is 0.310. The Labute approximate surface area is 39.2 Å². The van der Waals surface area contributed by atoms with E-state index >= 15 is 0 Å². The minimum atomic E-state index is -0.826. The molecule has 6 heavy (non-hydrogen) atoms. The van der Waals surface area contributed by atoms with Crippen LogP contribution in [0.15, 0.2) is 0 Å². The molecule has 3 nitrogen and oxygen atoms in total. The van der Waals surface area contributed by atoms with E-state index in [-0.39, 0.29) is 0 Å². The van der Waals surface area contributed by atoms with Gasteiger partial charge in [0.1, 0.15) is 8.37 Å². The maximum atomic E-state index is 5.20. The van der Waals surface area contributed by atoms with Crippen LogP contribution in [0.4, 0.5) is 0 Å². The van der Waals surface area contributed by atoms with Gasteiger partial charge in [0.05, 0.1) is 0 Å². The first-order chi connectivity index (χ1) is 2.64. The molecule has 0 rings (SSSR count). The molecule has 0 aromatic heterocycles. The van der Waals surface area contributed by atoms with E-state index in [1.54, 1.807) is 4.67 Å². The summed E-state index contributed by atoms with van der Waals surface area (Å²) in [4.78, 5) is 0. The van der Waals surface area contributed by atoms with Crippen LogP contribution in [-0.4, -0.2) is 18.8 Å². The van der Waals surface area contributed by atoms with Crippen molar-refractivity contribution in [1.82, 2.24) is 4.67 Å². The standard InChI is InChI=1S/C2H10N3P/c1-5(2)6(3)4/h3-4H2,1-2H3. The third kappa shape index (κ3) is 2.54. The number of hydrogen-bond donors (Lipinski definition) is 2. The number of nitrogens with zero attached hydrogens (tertiary/aromatic N) is 1. The highest BCUT2D eigenvalue weighted by molar-refractivity contribution is 7.49. The first kappa shape index (κ1) is 6.31. The lowest BCUT2D eigenvalue weighted by Crippen LogP contribution is -2.15. The van der Waals surface area contributed by atoms with Crippen molar-refractivity contribution in [3.8, 4) is 0 Å². The molecule has 0 aromatic carbocycles. The Morgan fingerprint density at radius 3 is 1.50 bits per heavy atom. The van der Waals surface area contributed by atoms with E-state index in [0.29, 0.717) is 0 Å². The van der Waals surface area contributed by atoms with Gasteiger partial charge < -0.3 is 0 Å². The van der Waals surface area contributed by atoms with E-state index in [2.05, 4.69) is 0 Å². The van der Waals surface area contributed by atoms with Gasteiger partial charge in [-0.25, -0.2) is 0 Å². The summed E-state index contributed by atoms with van der Waals surface area (Å²) in [5.41, 5.74) is 10.4. The Morgan fingerprint density at radius 2 is 1.50 bits per heavy atom. The topological polar surface area (TPSA) is 55.3 Å². The van der Waals surface area contributed by atoms with Crippen LogP contribution in [0.1, 0.15) is 0 Å². The summed E-state index contributed by atoms with van der Waals surface area (Å²) in [7, 11) is 2.88. The van der Waals surface area contributed by atoms with Crippen molar-refractivity contribution in [2.45, 2.75) is 0 Å². The molecule has 0 saturated heterocycles. The fourth-order valence-electron chi connectivity index (χ4n) is 0. The molecule has 0 heterocycles. The van der Waals surface area contributed by atoms with Gasteiger partial charge in [-0.2, -0.15) is 0 Å². The molecule has 4 heteroatoms. The van der Waals surface area contributed by atoms with Gasteiger partial charge in [-0.3, -0.25) is 15.7 Å². The average molecular weight is 107 g/mol. The predicted octanol–water partition coefficient (Wildman–Crippen LogP) is -0.308. The van der Waals surface area contributed by atoms with Gasteiger partial charge in [-0.1, -0.05) is 0 Å². The predicted molar refractivity (Wildman–Crippen MR) is 29.0 cm³/mol. The largest absolute Gasteiger partial charge is 0.285 e. The first-order valence-corrected chi connectivity index (χ1v) is 3.04. The van der Waals surface area contributed by atoms with Gasteiger partial charge in [0, 0.05) is 0 Å². The maximum Gasteiger partial charge on any atom is 0.108 e.